The lowest BCUT2D eigenvalue weighted by atomic mass is 10.1. The highest BCUT2D eigenvalue weighted by Crippen LogP contribution is 2.19. The number of carbonyl (C=O) groups is 1. The van der Waals surface area contributed by atoms with E-state index in [9.17, 15) is 9.59 Å². The van der Waals surface area contributed by atoms with Gasteiger partial charge in [0.05, 0.1) is 5.69 Å². The van der Waals surface area contributed by atoms with Crippen molar-refractivity contribution in [3.05, 3.63) is 51.2 Å². The minimum Gasteiger partial charge on any atom is -0.346 e. The van der Waals surface area contributed by atoms with Crippen LogP contribution in [0.25, 0.3) is 0 Å². The van der Waals surface area contributed by atoms with Crippen molar-refractivity contribution in [2.24, 2.45) is 14.1 Å². The number of nitrogens with zero attached hydrogens (tertiary/aromatic N) is 4. The molecule has 0 radical (unpaired) electrons. The number of aryl methyl sites for hydroxylation is 3. The van der Waals surface area contributed by atoms with Gasteiger partial charge in [-0.2, -0.15) is 5.10 Å². The number of amides is 1. The maximum atomic E-state index is 12.7. The number of carbonyl (C=O) groups excluding carboxylic acids is 1. The number of hydrogen-bond donors (Lipinski definition) is 0. The predicted octanol–water partition coefficient (Wildman–Crippen LogP) is 0.626. The van der Waals surface area contributed by atoms with Gasteiger partial charge < -0.3 is 9.47 Å². The molecule has 0 spiro atoms. The number of aromatic nitrogens is 3. The van der Waals surface area contributed by atoms with E-state index < -0.39 is 0 Å². The van der Waals surface area contributed by atoms with Crippen LogP contribution >= 0.6 is 0 Å². The number of fused-ring (bicyclic) bond motifs is 1. The second kappa shape index (κ2) is 4.87. The molecule has 0 aromatic carbocycles. The van der Waals surface area contributed by atoms with Gasteiger partial charge in [0.1, 0.15) is 5.69 Å². The van der Waals surface area contributed by atoms with E-state index in [0.717, 1.165) is 16.8 Å². The van der Waals surface area contributed by atoms with Crippen molar-refractivity contribution in [1.29, 1.82) is 0 Å². The largest absolute Gasteiger partial charge is 0.346 e. The molecule has 0 N–H and O–H groups in total. The first-order valence-corrected chi connectivity index (χ1v) is 6.94. The van der Waals surface area contributed by atoms with Crippen LogP contribution in [0.15, 0.2) is 23.1 Å². The normalized spacial score (nSPS) is 14.1. The third kappa shape index (κ3) is 2.26. The van der Waals surface area contributed by atoms with E-state index in [-0.39, 0.29) is 11.5 Å². The second-order valence-electron chi connectivity index (χ2n) is 5.51. The van der Waals surface area contributed by atoms with Crippen LogP contribution in [0.3, 0.4) is 0 Å². The van der Waals surface area contributed by atoms with Crippen LogP contribution in [-0.4, -0.2) is 31.7 Å². The Kier molecular flexibility index (Phi) is 3.16. The summed E-state index contributed by atoms with van der Waals surface area (Å²) in [6, 6.07) is 3.52. The van der Waals surface area contributed by atoms with E-state index in [0.29, 0.717) is 25.2 Å². The summed E-state index contributed by atoms with van der Waals surface area (Å²) in [5, 5.41) is 4.27. The van der Waals surface area contributed by atoms with Gasteiger partial charge in [-0.3, -0.25) is 9.59 Å². The van der Waals surface area contributed by atoms with E-state index in [1.54, 1.807) is 18.0 Å². The van der Waals surface area contributed by atoms with Gasteiger partial charge in [-0.15, -0.1) is 0 Å². The van der Waals surface area contributed by atoms with Gasteiger partial charge in [-0.25, -0.2) is 4.68 Å². The first kappa shape index (κ1) is 13.6. The first-order valence-electron chi connectivity index (χ1n) is 6.94. The monoisotopic (exact) mass is 286 g/mol. The zero-order valence-electron chi connectivity index (χ0n) is 12.5. The Morgan fingerprint density at radius 3 is 2.76 bits per heavy atom. The predicted molar refractivity (Wildman–Crippen MR) is 78.1 cm³/mol. The van der Waals surface area contributed by atoms with Crippen molar-refractivity contribution < 1.29 is 4.79 Å². The molecule has 0 bridgehead atoms. The van der Waals surface area contributed by atoms with E-state index in [4.69, 9.17) is 0 Å². The van der Waals surface area contributed by atoms with Crippen LogP contribution < -0.4 is 5.56 Å². The molecule has 2 aromatic rings. The average molecular weight is 286 g/mol. The highest BCUT2D eigenvalue weighted by Gasteiger charge is 2.25. The Morgan fingerprint density at radius 2 is 2.10 bits per heavy atom. The summed E-state index contributed by atoms with van der Waals surface area (Å²) >= 11 is 0. The van der Waals surface area contributed by atoms with Gasteiger partial charge in [0.25, 0.3) is 11.5 Å². The zero-order chi connectivity index (χ0) is 15.1. The van der Waals surface area contributed by atoms with Crippen LogP contribution in [0.2, 0.25) is 0 Å². The lowest BCUT2D eigenvalue weighted by molar-refractivity contribution is 0.0722. The summed E-state index contributed by atoms with van der Waals surface area (Å²) in [6.07, 6.45) is 2.57. The molecule has 21 heavy (non-hydrogen) atoms. The second-order valence-corrected chi connectivity index (χ2v) is 5.51. The Morgan fingerprint density at radius 1 is 1.33 bits per heavy atom. The van der Waals surface area contributed by atoms with Crippen molar-refractivity contribution in [2.45, 2.75) is 19.9 Å². The van der Waals surface area contributed by atoms with Gasteiger partial charge >= 0.3 is 0 Å². The topological polar surface area (TPSA) is 60.1 Å². The van der Waals surface area contributed by atoms with Crippen LogP contribution in [0, 0.1) is 6.92 Å². The molecule has 0 atom stereocenters. The van der Waals surface area contributed by atoms with Gasteiger partial charge in [0.15, 0.2) is 0 Å². The van der Waals surface area contributed by atoms with Crippen molar-refractivity contribution in [3.63, 3.8) is 0 Å². The standard InChI is InChI=1S/C15H18N4O2/c1-10-4-6-17(2)14(10)15(21)19-7-5-12-11(9-19)8-13(20)18(3)16-12/h4,6,8H,5,7,9H2,1-3H3. The average Bonchev–Trinajstić information content (AvgIpc) is 2.78. The van der Waals surface area contributed by atoms with Gasteiger partial charge in [-0.05, 0) is 18.6 Å². The maximum absolute atomic E-state index is 12.7. The fraction of sp³-hybridized carbons (Fsp3) is 0.400. The molecule has 3 rings (SSSR count). The lowest BCUT2D eigenvalue weighted by Crippen LogP contribution is -2.39. The highest BCUT2D eigenvalue weighted by molar-refractivity contribution is 5.94. The molecule has 1 aliphatic rings. The molecular weight excluding hydrogens is 268 g/mol. The molecule has 0 saturated heterocycles. The smallest absolute Gasteiger partial charge is 0.271 e. The molecule has 6 heteroatoms. The summed E-state index contributed by atoms with van der Waals surface area (Å²) in [5.41, 5.74) is 3.29. The molecule has 0 saturated carbocycles. The van der Waals surface area contributed by atoms with Crippen LogP contribution in [0.5, 0.6) is 0 Å². The minimum atomic E-state index is -0.141. The Balaban J connectivity index is 1.91. The molecule has 2 aromatic heterocycles. The molecule has 0 unspecified atom stereocenters. The van der Waals surface area contributed by atoms with Gasteiger partial charge in [0.2, 0.25) is 0 Å². The van der Waals surface area contributed by atoms with Crippen molar-refractivity contribution in [1.82, 2.24) is 19.2 Å². The van der Waals surface area contributed by atoms with E-state index >= 15 is 0 Å². The molecule has 0 aliphatic carbocycles. The summed E-state index contributed by atoms with van der Waals surface area (Å²) < 4.78 is 3.19. The van der Waals surface area contributed by atoms with Crippen LogP contribution in [0.1, 0.15) is 27.3 Å². The minimum absolute atomic E-state index is 0.00586. The van der Waals surface area contributed by atoms with Crippen molar-refractivity contribution in [2.75, 3.05) is 6.54 Å². The molecule has 110 valence electrons. The summed E-state index contributed by atoms with van der Waals surface area (Å²) in [6.45, 7) is 3.01. The van der Waals surface area contributed by atoms with E-state index in [1.165, 1.54) is 4.68 Å². The lowest BCUT2D eigenvalue weighted by Gasteiger charge is -2.28. The summed E-state index contributed by atoms with van der Waals surface area (Å²) in [5.74, 6) is 0.00586. The third-order valence-corrected chi connectivity index (χ3v) is 4.00. The Hall–Kier alpha value is -2.37. The summed E-state index contributed by atoms with van der Waals surface area (Å²) in [7, 11) is 3.52. The number of hydrogen-bond acceptors (Lipinski definition) is 3. The fourth-order valence-corrected chi connectivity index (χ4v) is 2.79. The van der Waals surface area contributed by atoms with Crippen LogP contribution in [0.4, 0.5) is 0 Å². The van der Waals surface area contributed by atoms with Gasteiger partial charge in [-0.1, -0.05) is 0 Å². The fourth-order valence-electron chi connectivity index (χ4n) is 2.79. The van der Waals surface area contributed by atoms with E-state index in [2.05, 4.69) is 5.10 Å². The molecule has 6 nitrogen and oxygen atoms in total. The number of rotatable bonds is 1. The van der Waals surface area contributed by atoms with E-state index in [1.807, 2.05) is 30.8 Å². The van der Waals surface area contributed by atoms with Gasteiger partial charge in [0, 0.05) is 51.4 Å². The zero-order valence-corrected chi connectivity index (χ0v) is 12.5. The first-order chi connectivity index (χ1) is 9.97. The van der Waals surface area contributed by atoms with Crippen molar-refractivity contribution in [3.8, 4) is 0 Å². The van der Waals surface area contributed by atoms with Crippen LogP contribution in [-0.2, 0) is 27.1 Å². The SMILES string of the molecule is Cc1ccn(C)c1C(=O)N1CCc2nn(C)c(=O)cc2C1. The maximum Gasteiger partial charge on any atom is 0.271 e. The Bertz CT molecular complexity index is 753. The quantitative estimate of drug-likeness (QED) is 0.772. The van der Waals surface area contributed by atoms with Crippen molar-refractivity contribution >= 4 is 5.91 Å². The molecular formula is C15H18N4O2. The Labute approximate surface area is 122 Å². The molecule has 0 fully saturated rings. The molecule has 1 aliphatic heterocycles. The molecule has 1 amide bonds. The third-order valence-electron chi connectivity index (χ3n) is 4.00. The summed E-state index contributed by atoms with van der Waals surface area (Å²) in [4.78, 5) is 26.1. The highest BCUT2D eigenvalue weighted by atomic mass is 16.2. The molecule has 3 heterocycles.